The van der Waals surface area contributed by atoms with E-state index in [4.69, 9.17) is 28.3 Å². The first-order chi connectivity index (χ1) is 9.19. The molecule has 106 valence electrons. The van der Waals surface area contributed by atoms with Crippen LogP contribution in [0.15, 0.2) is 18.2 Å². The quantitative estimate of drug-likeness (QED) is 0.926. The molecule has 1 aromatic rings. The van der Waals surface area contributed by atoms with Crippen LogP contribution in [0.4, 0.5) is 0 Å². The minimum absolute atomic E-state index is 0.236. The molecule has 1 aliphatic rings. The Hall–Kier alpha value is -0.320. The Balaban J connectivity index is 1.94. The molecule has 0 amide bonds. The van der Waals surface area contributed by atoms with Crippen LogP contribution >= 0.6 is 23.2 Å². The average molecular weight is 303 g/mol. The summed E-state index contributed by atoms with van der Waals surface area (Å²) in [5.41, 5.74) is 1.09. The molecule has 1 saturated heterocycles. The maximum Gasteiger partial charge on any atom is 0.0558 e. The molecule has 0 unspecified atom stereocenters. The van der Waals surface area contributed by atoms with Crippen LogP contribution < -0.4 is 0 Å². The highest BCUT2D eigenvalue weighted by atomic mass is 35.5. The lowest BCUT2D eigenvalue weighted by molar-refractivity contribution is 0.196. The maximum atomic E-state index is 8.99. The minimum Gasteiger partial charge on any atom is -0.395 e. The number of hydrogen-bond donors (Lipinski definition) is 1. The third kappa shape index (κ3) is 4.62. The Labute approximate surface area is 124 Å². The van der Waals surface area contributed by atoms with Crippen molar-refractivity contribution in [3.63, 3.8) is 0 Å². The van der Waals surface area contributed by atoms with E-state index in [1.165, 1.54) is 0 Å². The van der Waals surface area contributed by atoms with E-state index in [1.807, 2.05) is 18.2 Å². The van der Waals surface area contributed by atoms with Crippen molar-refractivity contribution in [2.24, 2.45) is 0 Å². The number of benzene rings is 1. The van der Waals surface area contributed by atoms with E-state index in [9.17, 15) is 0 Å². The highest BCUT2D eigenvalue weighted by molar-refractivity contribution is 6.33. The van der Waals surface area contributed by atoms with Crippen LogP contribution in [0.2, 0.25) is 10.0 Å². The van der Waals surface area contributed by atoms with Gasteiger partial charge < -0.3 is 5.11 Å². The van der Waals surface area contributed by atoms with Crippen molar-refractivity contribution in [3.05, 3.63) is 33.8 Å². The molecule has 19 heavy (non-hydrogen) atoms. The molecule has 0 aromatic heterocycles. The third-order valence-corrected chi connectivity index (χ3v) is 4.10. The van der Waals surface area contributed by atoms with E-state index in [2.05, 4.69) is 9.80 Å². The number of β-amino-alcohol motifs (C(OH)–C–C–N with tert-alkyl or cyclic N) is 1. The smallest absolute Gasteiger partial charge is 0.0558 e. The van der Waals surface area contributed by atoms with Gasteiger partial charge in [-0.15, -0.1) is 0 Å². The predicted octanol–water partition coefficient (Wildman–Crippen LogP) is 2.49. The van der Waals surface area contributed by atoms with Crippen molar-refractivity contribution < 1.29 is 5.11 Å². The molecule has 2 rings (SSSR count). The van der Waals surface area contributed by atoms with Gasteiger partial charge in [-0.25, -0.2) is 0 Å². The summed E-state index contributed by atoms with van der Waals surface area (Å²) in [6, 6.07) is 5.62. The Morgan fingerprint density at radius 1 is 1.05 bits per heavy atom. The van der Waals surface area contributed by atoms with Crippen LogP contribution in [-0.2, 0) is 6.54 Å². The molecule has 1 aliphatic heterocycles. The molecular formula is C14H20Cl2N2O. The Bertz CT molecular complexity index is 414. The van der Waals surface area contributed by atoms with Crippen LogP contribution in [0.25, 0.3) is 0 Å². The molecule has 1 heterocycles. The summed E-state index contributed by atoms with van der Waals surface area (Å²) in [6.45, 7) is 5.96. The third-order valence-electron chi connectivity index (χ3n) is 3.50. The van der Waals surface area contributed by atoms with Gasteiger partial charge in [-0.1, -0.05) is 23.2 Å². The molecule has 0 radical (unpaired) electrons. The van der Waals surface area contributed by atoms with Gasteiger partial charge in [0.05, 0.1) is 6.61 Å². The SMILES string of the molecule is OCCN1CCCN(Cc2cc(Cl)ccc2Cl)CC1. The Morgan fingerprint density at radius 2 is 1.79 bits per heavy atom. The lowest BCUT2D eigenvalue weighted by Crippen LogP contribution is -2.32. The van der Waals surface area contributed by atoms with Gasteiger partial charge in [-0.05, 0) is 43.3 Å². The van der Waals surface area contributed by atoms with Crippen LogP contribution in [0, 0.1) is 0 Å². The van der Waals surface area contributed by atoms with Crippen molar-refractivity contribution in [1.29, 1.82) is 0 Å². The zero-order chi connectivity index (χ0) is 13.7. The van der Waals surface area contributed by atoms with Crippen molar-refractivity contribution in [3.8, 4) is 0 Å². The van der Waals surface area contributed by atoms with E-state index < -0.39 is 0 Å². The molecule has 1 fully saturated rings. The fraction of sp³-hybridized carbons (Fsp3) is 0.571. The van der Waals surface area contributed by atoms with Gasteiger partial charge in [0.2, 0.25) is 0 Å². The molecule has 1 N–H and O–H groups in total. The van der Waals surface area contributed by atoms with Crippen LogP contribution in [0.5, 0.6) is 0 Å². The first-order valence-corrected chi connectivity index (χ1v) is 7.44. The number of rotatable bonds is 4. The lowest BCUT2D eigenvalue weighted by Gasteiger charge is -2.21. The Morgan fingerprint density at radius 3 is 2.58 bits per heavy atom. The van der Waals surface area contributed by atoms with E-state index in [-0.39, 0.29) is 6.61 Å². The monoisotopic (exact) mass is 302 g/mol. The van der Waals surface area contributed by atoms with Crippen molar-refractivity contribution >= 4 is 23.2 Å². The lowest BCUT2D eigenvalue weighted by atomic mass is 10.2. The van der Waals surface area contributed by atoms with Gasteiger partial charge in [-0.2, -0.15) is 0 Å². The summed E-state index contributed by atoms with van der Waals surface area (Å²) in [7, 11) is 0. The first-order valence-electron chi connectivity index (χ1n) is 6.68. The Kier molecular flexibility index (Phi) is 5.92. The zero-order valence-corrected chi connectivity index (χ0v) is 12.5. The van der Waals surface area contributed by atoms with Gasteiger partial charge in [0.25, 0.3) is 0 Å². The topological polar surface area (TPSA) is 26.7 Å². The van der Waals surface area contributed by atoms with Crippen LogP contribution in [-0.4, -0.2) is 54.2 Å². The summed E-state index contributed by atoms with van der Waals surface area (Å²) in [5.74, 6) is 0. The van der Waals surface area contributed by atoms with Gasteiger partial charge in [0.15, 0.2) is 0 Å². The van der Waals surface area contributed by atoms with E-state index in [1.54, 1.807) is 0 Å². The summed E-state index contributed by atoms with van der Waals surface area (Å²) in [6.07, 6.45) is 1.12. The molecular weight excluding hydrogens is 283 g/mol. The van der Waals surface area contributed by atoms with E-state index in [0.717, 1.165) is 61.3 Å². The van der Waals surface area contributed by atoms with Gasteiger partial charge in [0, 0.05) is 36.2 Å². The molecule has 0 bridgehead atoms. The molecule has 0 aliphatic carbocycles. The maximum absolute atomic E-state index is 8.99. The summed E-state index contributed by atoms with van der Waals surface area (Å²) < 4.78 is 0. The first kappa shape index (κ1) is 15.1. The number of halogens is 2. The van der Waals surface area contributed by atoms with Crippen molar-refractivity contribution in [1.82, 2.24) is 9.80 Å². The van der Waals surface area contributed by atoms with Gasteiger partial charge in [0.1, 0.15) is 0 Å². The standard InChI is InChI=1S/C14H20Cl2N2O/c15-13-2-3-14(16)12(10-13)11-18-5-1-4-17(6-7-18)8-9-19/h2-3,10,19H,1,4-9,11H2. The molecule has 0 spiro atoms. The second-order valence-corrected chi connectivity index (χ2v) is 5.77. The molecule has 0 saturated carbocycles. The molecule has 5 heteroatoms. The number of aliphatic hydroxyl groups excluding tert-OH is 1. The number of aliphatic hydroxyl groups is 1. The summed E-state index contributed by atoms with van der Waals surface area (Å²) in [4.78, 5) is 4.70. The average Bonchev–Trinajstić information content (AvgIpc) is 2.60. The second kappa shape index (κ2) is 7.46. The second-order valence-electron chi connectivity index (χ2n) is 4.93. The minimum atomic E-state index is 0.236. The van der Waals surface area contributed by atoms with Crippen LogP contribution in [0.1, 0.15) is 12.0 Å². The van der Waals surface area contributed by atoms with E-state index >= 15 is 0 Å². The predicted molar refractivity (Wildman–Crippen MR) is 79.9 cm³/mol. The highest BCUT2D eigenvalue weighted by Crippen LogP contribution is 2.22. The van der Waals surface area contributed by atoms with Gasteiger partial charge >= 0.3 is 0 Å². The van der Waals surface area contributed by atoms with Crippen molar-refractivity contribution in [2.75, 3.05) is 39.3 Å². The molecule has 1 aromatic carbocycles. The molecule has 0 atom stereocenters. The normalized spacial score (nSPS) is 18.5. The van der Waals surface area contributed by atoms with E-state index in [0.29, 0.717) is 0 Å². The number of hydrogen-bond acceptors (Lipinski definition) is 3. The molecule has 3 nitrogen and oxygen atoms in total. The fourth-order valence-corrected chi connectivity index (χ4v) is 2.82. The summed E-state index contributed by atoms with van der Waals surface area (Å²) >= 11 is 12.2. The van der Waals surface area contributed by atoms with Crippen LogP contribution in [0.3, 0.4) is 0 Å². The highest BCUT2D eigenvalue weighted by Gasteiger charge is 2.15. The number of nitrogens with zero attached hydrogens (tertiary/aromatic N) is 2. The fourth-order valence-electron chi connectivity index (χ4n) is 2.45. The van der Waals surface area contributed by atoms with Crippen molar-refractivity contribution in [2.45, 2.75) is 13.0 Å². The van der Waals surface area contributed by atoms with Gasteiger partial charge in [-0.3, -0.25) is 9.80 Å². The largest absolute Gasteiger partial charge is 0.395 e. The summed E-state index contributed by atoms with van der Waals surface area (Å²) in [5, 5.41) is 10.5. The zero-order valence-electron chi connectivity index (χ0n) is 11.0.